The van der Waals surface area contributed by atoms with Gasteiger partial charge in [-0.25, -0.2) is 20.0 Å². The molecule has 0 radical (unpaired) electrons. The highest BCUT2D eigenvalue weighted by Gasteiger charge is 2.05. The van der Waals surface area contributed by atoms with Gasteiger partial charge in [-0.15, -0.1) is 0 Å². The van der Waals surface area contributed by atoms with Crippen LogP contribution in [0.3, 0.4) is 0 Å². The molecular weight excluding hydrogens is 152 g/mol. The third-order valence-corrected chi connectivity index (χ3v) is 1.86. The Hall–Kier alpha value is -1.84. The summed E-state index contributed by atoms with van der Waals surface area (Å²) in [6, 6.07) is 3.79. The molecule has 0 N–H and O–H groups in total. The summed E-state index contributed by atoms with van der Waals surface area (Å²) in [4.78, 5) is 16.3. The number of hydrogen-bond donors (Lipinski definition) is 0. The van der Waals surface area contributed by atoms with Crippen LogP contribution in [0.4, 0.5) is 11.4 Å². The number of rotatable bonds is 0. The Morgan fingerprint density at radius 1 is 0.750 bits per heavy atom. The first kappa shape index (κ1) is 5.77. The number of nitrogens with zero attached hydrogens (tertiary/aromatic N) is 4. The molecule has 0 atom stereocenters. The lowest BCUT2D eigenvalue weighted by atomic mass is 10.2. The van der Waals surface area contributed by atoms with Crippen molar-refractivity contribution < 1.29 is 0 Å². The summed E-state index contributed by atoms with van der Waals surface area (Å²) in [6.45, 7) is 0. The fraction of sp³-hybridized carbons (Fsp3) is 0. The largest absolute Gasteiger partial charge is 0.235 e. The summed E-state index contributed by atoms with van der Waals surface area (Å²) in [7, 11) is 0. The van der Waals surface area contributed by atoms with Crippen molar-refractivity contribution in [3.8, 4) is 0 Å². The second-order valence-corrected chi connectivity index (χ2v) is 2.58. The van der Waals surface area contributed by atoms with Crippen molar-refractivity contribution in [3.05, 3.63) is 22.8 Å². The van der Waals surface area contributed by atoms with Crippen LogP contribution in [0.5, 0.6) is 0 Å². The fourth-order valence-corrected chi connectivity index (χ4v) is 1.27. The summed E-state index contributed by atoms with van der Waals surface area (Å²) < 4.78 is 0. The highest BCUT2D eigenvalue weighted by molar-refractivity contribution is 5.71. The van der Waals surface area contributed by atoms with Crippen LogP contribution in [-0.4, -0.2) is 12.7 Å². The average molecular weight is 156 g/mol. The van der Waals surface area contributed by atoms with Gasteiger partial charge >= 0.3 is 0 Å². The van der Waals surface area contributed by atoms with Crippen LogP contribution in [-0.2, 0) is 0 Å². The maximum absolute atomic E-state index is 4.07. The molecule has 0 amide bonds. The Labute approximate surface area is 67.7 Å². The van der Waals surface area contributed by atoms with Crippen LogP contribution in [0.2, 0.25) is 0 Å². The van der Waals surface area contributed by atoms with E-state index in [0.717, 1.165) is 22.1 Å². The van der Waals surface area contributed by atoms with E-state index in [2.05, 4.69) is 20.0 Å². The molecule has 56 valence electrons. The predicted molar refractivity (Wildman–Crippen MR) is 45.1 cm³/mol. The zero-order chi connectivity index (χ0) is 7.97. The van der Waals surface area contributed by atoms with E-state index >= 15 is 0 Å². The molecule has 4 heteroatoms. The Kier molecular flexibility index (Phi) is 0.889. The lowest BCUT2D eigenvalue weighted by molar-refractivity contribution is 1.37. The zero-order valence-electron chi connectivity index (χ0n) is 6.10. The fourth-order valence-electron chi connectivity index (χ4n) is 1.27. The molecule has 4 nitrogen and oxygen atoms in total. The van der Waals surface area contributed by atoms with Gasteiger partial charge in [0.2, 0.25) is 0 Å². The van der Waals surface area contributed by atoms with Crippen LogP contribution in [0, 0.1) is 0 Å². The Morgan fingerprint density at radius 3 is 1.75 bits per heavy atom. The van der Waals surface area contributed by atoms with Crippen LogP contribution in [0.15, 0.2) is 32.1 Å². The first-order chi connectivity index (χ1) is 5.93. The van der Waals surface area contributed by atoms with Gasteiger partial charge in [0.1, 0.15) is 12.7 Å². The minimum absolute atomic E-state index is 0.878. The molecule has 0 saturated heterocycles. The van der Waals surface area contributed by atoms with E-state index in [1.54, 1.807) is 12.7 Å². The van der Waals surface area contributed by atoms with Crippen molar-refractivity contribution in [1.82, 2.24) is 0 Å². The quantitative estimate of drug-likeness (QED) is 0.517. The van der Waals surface area contributed by atoms with Crippen molar-refractivity contribution in [2.24, 2.45) is 20.0 Å². The van der Waals surface area contributed by atoms with Crippen molar-refractivity contribution >= 4 is 24.1 Å². The van der Waals surface area contributed by atoms with Crippen LogP contribution in [0.25, 0.3) is 0 Å². The molecule has 0 saturated carbocycles. The molecule has 0 fully saturated rings. The number of aliphatic imine (C=N–C) groups is 2. The SMILES string of the molecule is C1=Nc2cc3c(cc2=N1)N=CN=3. The molecule has 2 aliphatic heterocycles. The van der Waals surface area contributed by atoms with Crippen molar-refractivity contribution in [3.63, 3.8) is 0 Å². The predicted octanol–water partition coefficient (Wildman–Crippen LogP) is 0.273. The molecule has 3 rings (SSSR count). The van der Waals surface area contributed by atoms with Crippen LogP contribution in [0.1, 0.15) is 0 Å². The minimum Gasteiger partial charge on any atom is -0.235 e. The van der Waals surface area contributed by atoms with Gasteiger partial charge < -0.3 is 0 Å². The maximum atomic E-state index is 4.07. The van der Waals surface area contributed by atoms with Gasteiger partial charge in [0.25, 0.3) is 0 Å². The van der Waals surface area contributed by atoms with Crippen molar-refractivity contribution in [2.75, 3.05) is 0 Å². The highest BCUT2D eigenvalue weighted by Crippen LogP contribution is 2.11. The smallest absolute Gasteiger partial charge is 0.116 e. The molecule has 1 aromatic rings. The van der Waals surface area contributed by atoms with Crippen LogP contribution < -0.4 is 10.7 Å². The third kappa shape index (κ3) is 0.611. The maximum Gasteiger partial charge on any atom is 0.116 e. The molecule has 2 heterocycles. The summed E-state index contributed by atoms with van der Waals surface area (Å²) in [5.41, 5.74) is 1.76. The Morgan fingerprint density at radius 2 is 1.25 bits per heavy atom. The second kappa shape index (κ2) is 1.85. The van der Waals surface area contributed by atoms with Gasteiger partial charge in [-0.05, 0) is 12.1 Å². The first-order valence-electron chi connectivity index (χ1n) is 3.58. The summed E-state index contributed by atoms with van der Waals surface area (Å²) >= 11 is 0. The van der Waals surface area contributed by atoms with Gasteiger partial charge in [-0.3, -0.25) is 0 Å². The van der Waals surface area contributed by atoms with Crippen molar-refractivity contribution in [2.45, 2.75) is 0 Å². The van der Waals surface area contributed by atoms with E-state index in [-0.39, 0.29) is 0 Å². The van der Waals surface area contributed by atoms with Gasteiger partial charge in [-0.2, -0.15) is 0 Å². The number of fused-ring (bicyclic) bond motifs is 2. The van der Waals surface area contributed by atoms with E-state index < -0.39 is 0 Å². The lowest BCUT2D eigenvalue weighted by Crippen LogP contribution is -2.06. The molecule has 0 aromatic heterocycles. The third-order valence-electron chi connectivity index (χ3n) is 1.86. The van der Waals surface area contributed by atoms with E-state index in [4.69, 9.17) is 0 Å². The summed E-state index contributed by atoms with van der Waals surface area (Å²) in [5, 5.41) is 1.76. The molecule has 0 unspecified atom stereocenters. The molecule has 1 aromatic carbocycles. The normalized spacial score (nSPS) is 15.3. The lowest BCUT2D eigenvalue weighted by Gasteiger charge is -1.89. The van der Waals surface area contributed by atoms with E-state index in [1.165, 1.54) is 0 Å². The van der Waals surface area contributed by atoms with Gasteiger partial charge in [0.15, 0.2) is 0 Å². The molecule has 0 aliphatic carbocycles. The Bertz CT molecular complexity index is 475. The van der Waals surface area contributed by atoms with Crippen LogP contribution >= 0.6 is 0 Å². The monoisotopic (exact) mass is 156 g/mol. The van der Waals surface area contributed by atoms with E-state index in [9.17, 15) is 0 Å². The standard InChI is InChI=1S/C8H4N4/c1-5-7(11-3-9-5)2-8-6(1)10-4-12-8/h1-4H. The second-order valence-electron chi connectivity index (χ2n) is 2.58. The topological polar surface area (TPSA) is 49.4 Å². The molecular formula is C8H4N4. The molecule has 0 spiro atoms. The van der Waals surface area contributed by atoms with E-state index in [0.29, 0.717) is 0 Å². The average Bonchev–Trinajstić information content (AvgIpc) is 2.64. The Balaban J connectivity index is 2.50. The van der Waals surface area contributed by atoms with Gasteiger partial charge in [0.05, 0.1) is 22.1 Å². The number of benzene rings is 1. The van der Waals surface area contributed by atoms with Crippen molar-refractivity contribution in [1.29, 1.82) is 0 Å². The highest BCUT2D eigenvalue weighted by atomic mass is 15.0. The molecule has 12 heavy (non-hydrogen) atoms. The van der Waals surface area contributed by atoms with Gasteiger partial charge in [0, 0.05) is 0 Å². The minimum atomic E-state index is 0.878. The zero-order valence-corrected chi connectivity index (χ0v) is 6.10. The summed E-state index contributed by atoms with van der Waals surface area (Å²) in [6.07, 6.45) is 3.09. The molecule has 0 bridgehead atoms. The molecule has 2 aliphatic rings. The van der Waals surface area contributed by atoms with E-state index in [1.807, 2.05) is 12.1 Å². The summed E-state index contributed by atoms with van der Waals surface area (Å²) in [5.74, 6) is 0. The first-order valence-corrected chi connectivity index (χ1v) is 3.58. The number of hydrogen-bond acceptors (Lipinski definition) is 4. The van der Waals surface area contributed by atoms with Gasteiger partial charge in [-0.1, -0.05) is 0 Å².